The molecule has 0 aromatic heterocycles. The molecule has 0 fully saturated rings. The standard InChI is InChI=1S/C26H35BrO4Si/c1-20(16-24(21(2)18-28)31-25(29)17-27)19-30-32(26(3,4)5,22-12-8-6-9-13-22)23-14-10-7-11-15-23/h6-16,21,24,28H,17-19H2,1-5H3/b20-16+/t21-,24-/m1/s1. The summed E-state index contributed by atoms with van der Waals surface area (Å²) < 4.78 is 12.5. The van der Waals surface area contributed by atoms with Gasteiger partial charge in [0.05, 0.1) is 6.61 Å². The molecule has 32 heavy (non-hydrogen) atoms. The zero-order valence-corrected chi connectivity index (χ0v) is 22.3. The maximum atomic E-state index is 11.8. The number of aliphatic hydroxyl groups excluding tert-OH is 1. The van der Waals surface area contributed by atoms with Crippen LogP contribution in [0.1, 0.15) is 34.6 Å². The van der Waals surface area contributed by atoms with Crippen molar-refractivity contribution in [2.75, 3.05) is 18.5 Å². The molecule has 4 nitrogen and oxygen atoms in total. The van der Waals surface area contributed by atoms with Crippen molar-refractivity contribution in [3.63, 3.8) is 0 Å². The van der Waals surface area contributed by atoms with Crippen molar-refractivity contribution in [2.24, 2.45) is 5.92 Å². The fourth-order valence-electron chi connectivity index (χ4n) is 3.91. The van der Waals surface area contributed by atoms with Crippen LogP contribution in [0.5, 0.6) is 0 Å². The smallest absolute Gasteiger partial charge is 0.317 e. The summed E-state index contributed by atoms with van der Waals surface area (Å²) >= 11 is 3.13. The average Bonchev–Trinajstić information content (AvgIpc) is 2.78. The van der Waals surface area contributed by atoms with Crippen molar-refractivity contribution in [3.05, 3.63) is 72.3 Å². The molecule has 2 rings (SSSR count). The molecule has 1 N–H and O–H groups in total. The molecular weight excluding hydrogens is 484 g/mol. The van der Waals surface area contributed by atoms with Gasteiger partial charge in [0, 0.05) is 12.5 Å². The summed E-state index contributed by atoms with van der Waals surface area (Å²) in [5.74, 6) is -0.562. The number of esters is 1. The first-order valence-electron chi connectivity index (χ1n) is 10.9. The van der Waals surface area contributed by atoms with Crippen molar-refractivity contribution in [3.8, 4) is 0 Å². The third-order valence-corrected chi connectivity index (χ3v) is 11.0. The monoisotopic (exact) mass is 518 g/mol. The van der Waals surface area contributed by atoms with Crippen molar-refractivity contribution in [2.45, 2.75) is 45.8 Å². The molecule has 2 atom stereocenters. The minimum absolute atomic E-state index is 0.0699. The lowest BCUT2D eigenvalue weighted by Gasteiger charge is -2.43. The second-order valence-electron chi connectivity index (χ2n) is 9.21. The number of aliphatic hydroxyl groups is 1. The van der Waals surface area contributed by atoms with Gasteiger partial charge in [0.25, 0.3) is 8.32 Å². The number of carbonyl (C=O) groups excluding carboxylic acids is 1. The molecule has 2 aromatic rings. The van der Waals surface area contributed by atoms with Crippen LogP contribution in [0.3, 0.4) is 0 Å². The molecule has 6 heteroatoms. The van der Waals surface area contributed by atoms with Gasteiger partial charge >= 0.3 is 5.97 Å². The molecule has 0 aliphatic carbocycles. The highest BCUT2D eigenvalue weighted by molar-refractivity contribution is 9.09. The molecule has 0 spiro atoms. The Hall–Kier alpha value is -1.73. The van der Waals surface area contributed by atoms with Gasteiger partial charge < -0.3 is 14.3 Å². The molecule has 0 amide bonds. The normalized spacial score (nSPS) is 14.7. The van der Waals surface area contributed by atoms with Crippen molar-refractivity contribution >= 4 is 40.6 Å². The lowest BCUT2D eigenvalue weighted by atomic mass is 10.0. The predicted octanol–water partition coefficient (Wildman–Crippen LogP) is 4.44. The molecule has 0 unspecified atom stereocenters. The topological polar surface area (TPSA) is 55.8 Å². The van der Waals surface area contributed by atoms with Gasteiger partial charge in [-0.2, -0.15) is 0 Å². The highest BCUT2D eigenvalue weighted by Gasteiger charge is 2.50. The van der Waals surface area contributed by atoms with Gasteiger partial charge in [0.1, 0.15) is 11.4 Å². The first-order valence-corrected chi connectivity index (χ1v) is 14.0. The van der Waals surface area contributed by atoms with E-state index in [9.17, 15) is 9.90 Å². The summed E-state index contributed by atoms with van der Waals surface area (Å²) in [5, 5.41) is 12.1. The number of hydrogen-bond acceptors (Lipinski definition) is 4. The number of carbonyl (C=O) groups is 1. The SMILES string of the molecule is C/C(=C\[C@@H](OC(=O)CBr)[C@H](C)CO)CO[Si](c1ccccc1)(c1ccccc1)C(C)(C)C. The molecule has 0 aliphatic heterocycles. The van der Waals surface area contributed by atoms with Crippen LogP contribution in [-0.4, -0.2) is 44.0 Å². The Bertz CT molecular complexity index is 838. The van der Waals surface area contributed by atoms with Crippen LogP contribution in [0.2, 0.25) is 5.04 Å². The first kappa shape index (κ1) is 26.5. The Morgan fingerprint density at radius 2 is 1.56 bits per heavy atom. The Morgan fingerprint density at radius 3 is 1.97 bits per heavy atom. The molecule has 0 saturated carbocycles. The van der Waals surface area contributed by atoms with Crippen LogP contribution in [0.25, 0.3) is 0 Å². The van der Waals surface area contributed by atoms with Crippen molar-refractivity contribution in [1.29, 1.82) is 0 Å². The van der Waals surface area contributed by atoms with E-state index in [1.807, 2.05) is 32.1 Å². The van der Waals surface area contributed by atoms with Crippen LogP contribution in [-0.2, 0) is 14.0 Å². The Balaban J connectivity index is 2.44. The second kappa shape index (κ2) is 11.9. The van der Waals surface area contributed by atoms with E-state index in [0.717, 1.165) is 5.57 Å². The van der Waals surface area contributed by atoms with Gasteiger partial charge in [-0.1, -0.05) is 104 Å². The zero-order chi connectivity index (χ0) is 23.8. The molecule has 0 heterocycles. The third-order valence-electron chi connectivity index (χ3n) is 5.61. The van der Waals surface area contributed by atoms with Crippen LogP contribution in [0, 0.1) is 5.92 Å². The van der Waals surface area contributed by atoms with Crippen LogP contribution >= 0.6 is 15.9 Å². The number of alkyl halides is 1. The zero-order valence-electron chi connectivity index (χ0n) is 19.7. The van der Waals surface area contributed by atoms with E-state index in [4.69, 9.17) is 9.16 Å². The van der Waals surface area contributed by atoms with Gasteiger partial charge in [-0.3, -0.25) is 4.79 Å². The van der Waals surface area contributed by atoms with E-state index >= 15 is 0 Å². The molecule has 2 aromatic carbocycles. The minimum atomic E-state index is -2.64. The first-order chi connectivity index (χ1) is 15.2. The van der Waals surface area contributed by atoms with E-state index in [0.29, 0.717) is 6.61 Å². The summed E-state index contributed by atoms with van der Waals surface area (Å²) in [6, 6.07) is 21.0. The number of ether oxygens (including phenoxy) is 1. The summed E-state index contributed by atoms with van der Waals surface area (Å²) in [4.78, 5) is 11.8. The van der Waals surface area contributed by atoms with Gasteiger partial charge in [-0.15, -0.1) is 0 Å². The van der Waals surface area contributed by atoms with Gasteiger partial charge in [0.15, 0.2) is 0 Å². The number of hydrogen-bond donors (Lipinski definition) is 1. The average molecular weight is 520 g/mol. The van der Waals surface area contributed by atoms with E-state index in [1.165, 1.54) is 10.4 Å². The molecule has 174 valence electrons. The van der Waals surface area contributed by atoms with Crippen LogP contribution < -0.4 is 10.4 Å². The maximum Gasteiger partial charge on any atom is 0.317 e. The largest absolute Gasteiger partial charge is 0.457 e. The second-order valence-corrected chi connectivity index (χ2v) is 14.1. The fourth-order valence-corrected chi connectivity index (χ4v) is 8.65. The summed E-state index contributed by atoms with van der Waals surface area (Å²) in [6.45, 7) is 10.9. The Labute approximate surface area is 201 Å². The summed E-state index contributed by atoms with van der Waals surface area (Å²) in [5.41, 5.74) is 0.964. The molecule has 0 saturated heterocycles. The van der Waals surface area contributed by atoms with Crippen LogP contribution in [0.4, 0.5) is 0 Å². The molecule has 0 bridgehead atoms. The number of halogens is 1. The predicted molar refractivity (Wildman–Crippen MR) is 137 cm³/mol. The van der Waals surface area contributed by atoms with E-state index in [1.54, 1.807) is 0 Å². The quantitative estimate of drug-likeness (QED) is 0.218. The Kier molecular flexibility index (Phi) is 9.89. The van der Waals surface area contributed by atoms with E-state index in [-0.39, 0.29) is 28.9 Å². The highest BCUT2D eigenvalue weighted by atomic mass is 79.9. The number of benzene rings is 2. The van der Waals surface area contributed by atoms with Crippen LogP contribution in [0.15, 0.2) is 72.3 Å². The van der Waals surface area contributed by atoms with Gasteiger partial charge in [-0.25, -0.2) is 0 Å². The summed E-state index contributed by atoms with van der Waals surface area (Å²) in [6.07, 6.45) is 1.40. The van der Waals surface area contributed by atoms with Crippen molar-refractivity contribution in [1.82, 2.24) is 0 Å². The Morgan fingerprint density at radius 1 is 1.06 bits per heavy atom. The lowest BCUT2D eigenvalue weighted by Crippen LogP contribution is -2.66. The minimum Gasteiger partial charge on any atom is -0.457 e. The summed E-state index contributed by atoms with van der Waals surface area (Å²) in [7, 11) is -2.64. The molecular formula is C26H35BrO4Si. The highest BCUT2D eigenvalue weighted by Crippen LogP contribution is 2.37. The third kappa shape index (κ3) is 6.41. The molecule has 0 radical (unpaired) electrons. The lowest BCUT2D eigenvalue weighted by molar-refractivity contribution is -0.146. The van der Waals surface area contributed by atoms with E-state index in [2.05, 4.69) is 85.2 Å². The maximum absolute atomic E-state index is 11.8. The number of rotatable bonds is 10. The van der Waals surface area contributed by atoms with Crippen molar-refractivity contribution < 1.29 is 19.1 Å². The van der Waals surface area contributed by atoms with Gasteiger partial charge in [0.2, 0.25) is 0 Å². The molecule has 0 aliphatic rings. The van der Waals surface area contributed by atoms with E-state index < -0.39 is 14.4 Å². The van der Waals surface area contributed by atoms with Gasteiger partial charge in [-0.05, 0) is 34.0 Å². The fraction of sp³-hybridized carbons (Fsp3) is 0.423.